The van der Waals surface area contributed by atoms with Crippen LogP contribution in [0.1, 0.15) is 132 Å². The van der Waals surface area contributed by atoms with Crippen molar-refractivity contribution in [3.63, 3.8) is 0 Å². The molecule has 0 spiro atoms. The summed E-state index contributed by atoms with van der Waals surface area (Å²) in [7, 11) is 1.62. The largest absolute Gasteiger partial charge is 0.497 e. The van der Waals surface area contributed by atoms with Gasteiger partial charge >= 0.3 is 0 Å². The summed E-state index contributed by atoms with van der Waals surface area (Å²) < 4.78 is 43.2. The van der Waals surface area contributed by atoms with Crippen LogP contribution in [0.25, 0.3) is 0 Å². The van der Waals surface area contributed by atoms with Crippen molar-refractivity contribution in [3.8, 4) is 5.75 Å². The number of benzene rings is 7. The van der Waals surface area contributed by atoms with Crippen molar-refractivity contribution in [2.24, 2.45) is 36.1 Å². The Morgan fingerprint density at radius 1 is 0.345 bits per heavy atom. The van der Waals surface area contributed by atoms with Crippen molar-refractivity contribution in [2.75, 3.05) is 7.11 Å². The molecule has 0 bridgehead atoms. The van der Waals surface area contributed by atoms with Crippen LogP contribution in [0.2, 0.25) is 10.0 Å². The number of oxime groups is 7. The van der Waals surface area contributed by atoms with Crippen molar-refractivity contribution in [1.29, 1.82) is 0 Å². The molecule has 0 heterocycles. The standard InChI is InChI=1S/C10H13NO2.2C9H10ClNO.3C9H10FNO.C9H11NO/c1-3-10(11-12)8-4-6-9(13-2)7-5-8;1-2-9(11-12)7-4-3-5-8(10)6-7;1-2-9(11-12)7-5-3-4-6-8(7)10;1-2-9(11-12)7-3-5-8(10)6-4-7;1-2-9(11-12)7-4-3-5-8(10)6-7;1-2-9(11-12)7-5-3-4-6-8(7)10;1-2-9(10-11)8-6-4-3-5-7-8/h4-7,12H,3H2,1-2H3;5*3-6,12H,2H2,1H3;3-7,11H,2H2,1H3. The second kappa shape index (κ2) is 43.7. The van der Waals surface area contributed by atoms with E-state index in [9.17, 15) is 13.2 Å². The molecular formula is C64H74Cl2F3N7O8. The third-order valence-corrected chi connectivity index (χ3v) is 12.1. The van der Waals surface area contributed by atoms with E-state index >= 15 is 0 Å². The van der Waals surface area contributed by atoms with Gasteiger partial charge in [-0.3, -0.25) is 0 Å². The van der Waals surface area contributed by atoms with Gasteiger partial charge in [0.15, 0.2) is 0 Å². The molecule has 0 fully saturated rings. The lowest BCUT2D eigenvalue weighted by atomic mass is 10.1. The summed E-state index contributed by atoms with van der Waals surface area (Å²) in [6.07, 6.45) is 4.54. The minimum Gasteiger partial charge on any atom is -0.497 e. The molecule has 7 N–H and O–H groups in total. The van der Waals surface area contributed by atoms with E-state index in [4.69, 9.17) is 64.4 Å². The third-order valence-electron chi connectivity index (χ3n) is 11.6. The summed E-state index contributed by atoms with van der Waals surface area (Å²) in [4.78, 5) is 0. The predicted octanol–water partition coefficient (Wildman–Crippen LogP) is 17.7. The summed E-state index contributed by atoms with van der Waals surface area (Å²) in [5.41, 5.74) is 9.41. The number of ether oxygens (including phenoxy) is 1. The Labute approximate surface area is 500 Å². The first-order valence-corrected chi connectivity index (χ1v) is 27.3. The molecule has 0 radical (unpaired) electrons. The lowest BCUT2D eigenvalue weighted by molar-refractivity contribution is 0.318. The highest BCUT2D eigenvalue weighted by molar-refractivity contribution is 6.34. The van der Waals surface area contributed by atoms with Gasteiger partial charge in [-0.05, 0) is 134 Å². The maximum absolute atomic E-state index is 13.0. The zero-order chi connectivity index (χ0) is 62.7. The summed E-state index contributed by atoms with van der Waals surface area (Å²) >= 11 is 11.7. The van der Waals surface area contributed by atoms with E-state index in [0.717, 1.165) is 45.7 Å². The molecule has 7 aromatic carbocycles. The van der Waals surface area contributed by atoms with Gasteiger partial charge < -0.3 is 41.2 Å². The molecule has 0 aliphatic carbocycles. The van der Waals surface area contributed by atoms with Crippen LogP contribution >= 0.6 is 23.2 Å². The Hall–Kier alpha value is -9.00. The molecule has 0 aromatic heterocycles. The number of rotatable bonds is 15. The van der Waals surface area contributed by atoms with Gasteiger partial charge in [0, 0.05) is 32.3 Å². The van der Waals surface area contributed by atoms with Crippen LogP contribution in [-0.2, 0) is 0 Å². The van der Waals surface area contributed by atoms with E-state index in [1.165, 1.54) is 30.3 Å². The highest BCUT2D eigenvalue weighted by atomic mass is 35.5. The second-order valence-electron chi connectivity index (χ2n) is 16.9. The molecule has 7 rings (SSSR count). The van der Waals surface area contributed by atoms with Crippen LogP contribution in [0.4, 0.5) is 13.2 Å². The second-order valence-corrected chi connectivity index (χ2v) is 17.7. The Morgan fingerprint density at radius 2 is 0.690 bits per heavy atom. The average Bonchev–Trinajstić information content (AvgIpc) is 3.54. The number of halogens is 5. The summed E-state index contributed by atoms with van der Waals surface area (Å²) in [5, 5.41) is 83.3. The first-order valence-electron chi connectivity index (χ1n) is 26.5. The van der Waals surface area contributed by atoms with Crippen molar-refractivity contribution >= 4 is 63.2 Å². The van der Waals surface area contributed by atoms with Gasteiger partial charge in [-0.1, -0.05) is 211 Å². The molecule has 0 unspecified atom stereocenters. The van der Waals surface area contributed by atoms with Gasteiger partial charge in [0.05, 0.1) is 47.1 Å². The molecule has 0 saturated carbocycles. The number of nitrogens with zero attached hydrogens (tertiary/aromatic N) is 7. The number of methoxy groups -OCH3 is 1. The number of hydrogen-bond acceptors (Lipinski definition) is 15. The topological polar surface area (TPSA) is 237 Å². The van der Waals surface area contributed by atoms with Gasteiger partial charge in [0.25, 0.3) is 0 Å². The van der Waals surface area contributed by atoms with Gasteiger partial charge in [-0.15, -0.1) is 0 Å². The predicted molar refractivity (Wildman–Crippen MR) is 332 cm³/mol. The van der Waals surface area contributed by atoms with E-state index < -0.39 is 0 Å². The minimum atomic E-state index is -0.354. The fraction of sp³-hybridized carbons (Fsp3) is 0.234. The highest BCUT2D eigenvalue weighted by Crippen LogP contribution is 2.18. The van der Waals surface area contributed by atoms with E-state index in [0.29, 0.717) is 94.0 Å². The molecule has 0 aliphatic heterocycles. The molecule has 20 heteroatoms. The maximum Gasteiger partial charge on any atom is 0.132 e. The molecule has 0 atom stereocenters. The summed E-state index contributed by atoms with van der Waals surface area (Å²) in [6, 6.07) is 49.8. The molecule has 448 valence electrons. The van der Waals surface area contributed by atoms with E-state index in [-0.39, 0.29) is 17.5 Å². The smallest absolute Gasteiger partial charge is 0.132 e. The maximum atomic E-state index is 13.0. The van der Waals surface area contributed by atoms with E-state index in [2.05, 4.69) is 36.1 Å². The Balaban J connectivity index is 0.000000490. The van der Waals surface area contributed by atoms with Gasteiger partial charge in [-0.2, -0.15) is 0 Å². The number of hydrogen-bond donors (Lipinski definition) is 7. The summed E-state index contributed by atoms with van der Waals surface area (Å²) in [5.74, 6) is -0.154. The van der Waals surface area contributed by atoms with Crippen LogP contribution in [-0.4, -0.2) is 83.5 Å². The zero-order valence-corrected chi connectivity index (χ0v) is 49.8. The first-order chi connectivity index (χ1) is 40.6. The van der Waals surface area contributed by atoms with E-state index in [1.807, 2.05) is 133 Å². The van der Waals surface area contributed by atoms with Gasteiger partial charge in [0.2, 0.25) is 0 Å². The highest BCUT2D eigenvalue weighted by Gasteiger charge is 2.08. The molecule has 84 heavy (non-hydrogen) atoms. The van der Waals surface area contributed by atoms with Crippen LogP contribution in [0.5, 0.6) is 5.75 Å². The lowest BCUT2D eigenvalue weighted by Crippen LogP contribution is -2.01. The summed E-state index contributed by atoms with van der Waals surface area (Å²) in [6.45, 7) is 13.3. The quantitative estimate of drug-likeness (QED) is 0.0295. The van der Waals surface area contributed by atoms with Crippen molar-refractivity contribution < 1.29 is 54.4 Å². The zero-order valence-electron chi connectivity index (χ0n) is 48.3. The van der Waals surface area contributed by atoms with Crippen molar-refractivity contribution in [2.45, 2.75) is 93.4 Å². The fourth-order valence-corrected chi connectivity index (χ4v) is 7.51. The molecule has 15 nitrogen and oxygen atoms in total. The van der Waals surface area contributed by atoms with Crippen molar-refractivity contribution in [3.05, 3.63) is 242 Å². The first kappa shape index (κ1) is 73.0. The van der Waals surface area contributed by atoms with Crippen LogP contribution in [0.3, 0.4) is 0 Å². The molecular weight excluding hydrogens is 1120 g/mol. The van der Waals surface area contributed by atoms with E-state index in [1.54, 1.807) is 67.8 Å². The molecule has 0 saturated heterocycles. The Kier molecular flexibility index (Phi) is 38.0. The Bertz CT molecular complexity index is 3080. The molecule has 7 aromatic rings. The van der Waals surface area contributed by atoms with Gasteiger partial charge in [-0.25, -0.2) is 13.2 Å². The van der Waals surface area contributed by atoms with Crippen molar-refractivity contribution in [1.82, 2.24) is 0 Å². The fourth-order valence-electron chi connectivity index (χ4n) is 7.08. The van der Waals surface area contributed by atoms with Gasteiger partial charge in [0.1, 0.15) is 23.2 Å². The molecule has 0 aliphatic rings. The van der Waals surface area contributed by atoms with Crippen LogP contribution in [0, 0.1) is 17.5 Å². The monoisotopic (exact) mass is 1200 g/mol. The average molecular weight is 1200 g/mol. The minimum absolute atomic E-state index is 0.285. The van der Waals surface area contributed by atoms with Crippen LogP contribution < -0.4 is 4.74 Å². The molecule has 0 amide bonds. The normalized spacial score (nSPS) is 11.6. The third kappa shape index (κ3) is 26.7. The van der Waals surface area contributed by atoms with Crippen LogP contribution in [0.15, 0.2) is 212 Å². The SMILES string of the molecule is CCC(=NO)c1ccc(F)cc1.CCC(=NO)c1ccc(OC)cc1.CCC(=NO)c1cccc(Cl)c1.CCC(=NO)c1cccc(F)c1.CCC(=NO)c1ccccc1.CCC(=NO)c1ccccc1Cl.CCC(=NO)c1ccccc1F. The Morgan fingerprint density at radius 3 is 1.08 bits per heavy atom. The lowest BCUT2D eigenvalue weighted by Gasteiger charge is -2.02.